The second-order valence-electron chi connectivity index (χ2n) is 5.71. The quantitative estimate of drug-likeness (QED) is 0.747. The lowest BCUT2D eigenvalue weighted by Crippen LogP contribution is -2.56. The van der Waals surface area contributed by atoms with Crippen molar-refractivity contribution in [1.82, 2.24) is 15.2 Å². The number of likely N-dealkylation sites (N-methyl/N-ethyl adjacent to an activating group) is 2. The Morgan fingerprint density at radius 2 is 1.71 bits per heavy atom. The molecule has 0 bridgehead atoms. The molecule has 3 heteroatoms. The lowest BCUT2D eigenvalue weighted by Gasteiger charge is -2.48. The lowest BCUT2D eigenvalue weighted by atomic mass is 9.79. The maximum atomic E-state index is 4.52. The molecule has 0 saturated carbocycles. The highest BCUT2D eigenvalue weighted by Crippen LogP contribution is 2.37. The standard InChI is InChI=1S/C18H33N3/c1-7-18(8-2,21(10-4)11-5)17(19-9-3)16-13-12-15(6)20-14-16/h12-14,17,19H,7-11H2,1-6H3. The first-order chi connectivity index (χ1) is 10.1. The van der Waals surface area contributed by atoms with Crippen molar-refractivity contribution in [2.75, 3.05) is 19.6 Å². The molecule has 0 fully saturated rings. The summed E-state index contributed by atoms with van der Waals surface area (Å²) in [6.07, 6.45) is 4.32. The highest BCUT2D eigenvalue weighted by molar-refractivity contribution is 5.22. The van der Waals surface area contributed by atoms with E-state index in [0.29, 0.717) is 6.04 Å². The second kappa shape index (κ2) is 8.50. The van der Waals surface area contributed by atoms with Crippen molar-refractivity contribution < 1.29 is 0 Å². The van der Waals surface area contributed by atoms with Crippen LogP contribution in [0, 0.1) is 6.92 Å². The van der Waals surface area contributed by atoms with Crippen LogP contribution < -0.4 is 5.32 Å². The van der Waals surface area contributed by atoms with E-state index in [1.54, 1.807) is 0 Å². The third-order valence-corrected chi connectivity index (χ3v) is 4.83. The minimum absolute atomic E-state index is 0.149. The molecule has 1 heterocycles. The molecule has 1 atom stereocenters. The van der Waals surface area contributed by atoms with Gasteiger partial charge in [-0.1, -0.05) is 40.7 Å². The van der Waals surface area contributed by atoms with Crippen molar-refractivity contribution >= 4 is 0 Å². The Morgan fingerprint density at radius 1 is 1.10 bits per heavy atom. The van der Waals surface area contributed by atoms with Gasteiger partial charge in [0.25, 0.3) is 0 Å². The van der Waals surface area contributed by atoms with Crippen LogP contribution in [0.4, 0.5) is 0 Å². The zero-order valence-corrected chi connectivity index (χ0v) is 14.7. The Bertz CT molecular complexity index is 391. The van der Waals surface area contributed by atoms with Crippen LogP contribution >= 0.6 is 0 Å². The first-order valence-corrected chi connectivity index (χ1v) is 8.50. The van der Waals surface area contributed by atoms with Crippen LogP contribution in [0.5, 0.6) is 0 Å². The van der Waals surface area contributed by atoms with E-state index < -0.39 is 0 Å². The molecule has 1 unspecified atom stereocenters. The van der Waals surface area contributed by atoms with Crippen LogP contribution in [-0.2, 0) is 0 Å². The van der Waals surface area contributed by atoms with E-state index in [2.05, 4.69) is 62.0 Å². The van der Waals surface area contributed by atoms with Crippen molar-refractivity contribution in [3.05, 3.63) is 29.6 Å². The van der Waals surface area contributed by atoms with Crippen molar-refractivity contribution in [2.45, 2.75) is 66.0 Å². The summed E-state index contributed by atoms with van der Waals surface area (Å²) in [7, 11) is 0. The highest BCUT2D eigenvalue weighted by Gasteiger charge is 2.40. The van der Waals surface area contributed by atoms with Gasteiger partial charge in [-0.05, 0) is 51.0 Å². The van der Waals surface area contributed by atoms with E-state index in [9.17, 15) is 0 Å². The predicted molar refractivity (Wildman–Crippen MR) is 91.6 cm³/mol. The molecule has 0 amide bonds. The Kier molecular flexibility index (Phi) is 7.33. The number of nitrogens with one attached hydrogen (secondary N) is 1. The lowest BCUT2D eigenvalue weighted by molar-refractivity contribution is 0.0491. The zero-order valence-electron chi connectivity index (χ0n) is 14.7. The van der Waals surface area contributed by atoms with Gasteiger partial charge in [-0.25, -0.2) is 0 Å². The maximum Gasteiger partial charge on any atom is 0.0522 e. The smallest absolute Gasteiger partial charge is 0.0522 e. The summed E-state index contributed by atoms with van der Waals surface area (Å²) in [6, 6.07) is 4.68. The summed E-state index contributed by atoms with van der Waals surface area (Å²) in [5.74, 6) is 0. The van der Waals surface area contributed by atoms with E-state index in [1.165, 1.54) is 5.56 Å². The maximum absolute atomic E-state index is 4.52. The molecule has 0 radical (unpaired) electrons. The molecule has 1 rings (SSSR count). The Hall–Kier alpha value is -0.930. The average Bonchev–Trinajstić information content (AvgIpc) is 2.52. The molecule has 1 N–H and O–H groups in total. The van der Waals surface area contributed by atoms with E-state index >= 15 is 0 Å². The summed E-state index contributed by atoms with van der Waals surface area (Å²) in [5, 5.41) is 3.73. The van der Waals surface area contributed by atoms with Crippen molar-refractivity contribution in [3.63, 3.8) is 0 Å². The van der Waals surface area contributed by atoms with E-state index in [4.69, 9.17) is 0 Å². The number of pyridine rings is 1. The highest BCUT2D eigenvalue weighted by atomic mass is 15.2. The predicted octanol–water partition coefficient (Wildman–Crippen LogP) is 3.94. The van der Waals surface area contributed by atoms with Crippen molar-refractivity contribution in [1.29, 1.82) is 0 Å². The number of aromatic nitrogens is 1. The van der Waals surface area contributed by atoms with Gasteiger partial charge in [-0.2, -0.15) is 0 Å². The molecule has 120 valence electrons. The third kappa shape index (κ3) is 3.83. The largest absolute Gasteiger partial charge is 0.309 e. The Balaban J connectivity index is 3.28. The van der Waals surface area contributed by atoms with Gasteiger partial charge in [0.2, 0.25) is 0 Å². The Morgan fingerprint density at radius 3 is 2.10 bits per heavy atom. The molecule has 1 aromatic heterocycles. The first-order valence-electron chi connectivity index (χ1n) is 8.50. The molecule has 3 nitrogen and oxygen atoms in total. The molecule has 0 spiro atoms. The van der Waals surface area contributed by atoms with Crippen LogP contribution in [0.2, 0.25) is 0 Å². The number of rotatable bonds is 9. The van der Waals surface area contributed by atoms with Crippen LogP contribution in [-0.4, -0.2) is 35.1 Å². The molecule has 0 aliphatic rings. The monoisotopic (exact) mass is 291 g/mol. The minimum atomic E-state index is 0.149. The third-order valence-electron chi connectivity index (χ3n) is 4.83. The van der Waals surface area contributed by atoms with Gasteiger partial charge < -0.3 is 5.32 Å². The van der Waals surface area contributed by atoms with Gasteiger partial charge in [0.1, 0.15) is 0 Å². The molecular formula is C18H33N3. The van der Waals surface area contributed by atoms with Gasteiger partial charge in [0.05, 0.1) is 6.04 Å². The van der Waals surface area contributed by atoms with Gasteiger partial charge in [-0.15, -0.1) is 0 Å². The fourth-order valence-electron chi connectivity index (χ4n) is 3.61. The summed E-state index contributed by atoms with van der Waals surface area (Å²) in [6.45, 7) is 16.5. The Labute approximate surface area is 131 Å². The molecule has 0 aromatic carbocycles. The van der Waals surface area contributed by atoms with Gasteiger partial charge >= 0.3 is 0 Å². The summed E-state index contributed by atoms with van der Waals surface area (Å²) >= 11 is 0. The first kappa shape index (κ1) is 18.1. The van der Waals surface area contributed by atoms with E-state index in [1.807, 2.05) is 13.1 Å². The van der Waals surface area contributed by atoms with Crippen molar-refractivity contribution in [2.24, 2.45) is 0 Å². The number of nitrogens with zero attached hydrogens (tertiary/aromatic N) is 2. The molecule has 1 aromatic rings. The fourth-order valence-corrected chi connectivity index (χ4v) is 3.61. The summed E-state index contributed by atoms with van der Waals surface area (Å²) in [5.41, 5.74) is 2.53. The fraction of sp³-hybridized carbons (Fsp3) is 0.722. The normalized spacial score (nSPS) is 13.7. The molecule has 0 aliphatic carbocycles. The SMILES string of the molecule is CCNC(c1ccc(C)nc1)C(CC)(CC)N(CC)CC. The van der Waals surface area contributed by atoms with Gasteiger partial charge in [0, 0.05) is 17.4 Å². The molecule has 0 saturated heterocycles. The summed E-state index contributed by atoms with van der Waals surface area (Å²) in [4.78, 5) is 7.13. The van der Waals surface area contributed by atoms with Crippen LogP contribution in [0.15, 0.2) is 18.3 Å². The number of hydrogen-bond donors (Lipinski definition) is 1. The van der Waals surface area contributed by atoms with Gasteiger partial charge in [-0.3, -0.25) is 9.88 Å². The van der Waals surface area contributed by atoms with Crippen LogP contribution in [0.3, 0.4) is 0 Å². The molecule has 0 aliphatic heterocycles. The summed E-state index contributed by atoms with van der Waals surface area (Å²) < 4.78 is 0. The number of aryl methyl sites for hydroxylation is 1. The van der Waals surface area contributed by atoms with Gasteiger partial charge in [0.15, 0.2) is 0 Å². The topological polar surface area (TPSA) is 28.2 Å². The second-order valence-corrected chi connectivity index (χ2v) is 5.71. The van der Waals surface area contributed by atoms with Crippen LogP contribution in [0.1, 0.15) is 64.8 Å². The van der Waals surface area contributed by atoms with Crippen molar-refractivity contribution in [3.8, 4) is 0 Å². The molecule has 21 heavy (non-hydrogen) atoms. The van der Waals surface area contributed by atoms with E-state index in [-0.39, 0.29) is 5.54 Å². The van der Waals surface area contributed by atoms with Crippen LogP contribution in [0.25, 0.3) is 0 Å². The number of hydrogen-bond acceptors (Lipinski definition) is 3. The zero-order chi connectivity index (χ0) is 15.9. The average molecular weight is 291 g/mol. The minimum Gasteiger partial charge on any atom is -0.309 e. The molecular weight excluding hydrogens is 258 g/mol. The van der Waals surface area contributed by atoms with E-state index in [0.717, 1.165) is 38.2 Å².